The summed E-state index contributed by atoms with van der Waals surface area (Å²) in [5, 5.41) is 3.54. The lowest BCUT2D eigenvalue weighted by Gasteiger charge is -2.33. The third kappa shape index (κ3) is 4.26. The Kier molecular flexibility index (Phi) is 5.04. The molecule has 0 atom stereocenters. The lowest BCUT2D eigenvalue weighted by molar-refractivity contribution is -0.137. The third-order valence-electron chi connectivity index (χ3n) is 4.33. The Balaban J connectivity index is 1.50. The molecule has 1 aromatic carbocycles. The van der Waals surface area contributed by atoms with Crippen LogP contribution in [0.3, 0.4) is 0 Å². The fourth-order valence-electron chi connectivity index (χ4n) is 2.91. The van der Waals surface area contributed by atoms with Gasteiger partial charge < -0.3 is 10.2 Å². The SMILES string of the molecule is FC(F)(F)c1ccc(N2CCC(NCc3ccccc3)CC2)nc1. The monoisotopic (exact) mass is 335 g/mol. The molecule has 3 nitrogen and oxygen atoms in total. The number of halogens is 3. The molecule has 2 aromatic rings. The second-order valence-electron chi connectivity index (χ2n) is 6.03. The highest BCUT2D eigenvalue weighted by atomic mass is 19.4. The van der Waals surface area contributed by atoms with Gasteiger partial charge in [0.05, 0.1) is 5.56 Å². The molecule has 1 fully saturated rings. The summed E-state index contributed by atoms with van der Waals surface area (Å²) in [6.45, 7) is 2.43. The van der Waals surface area contributed by atoms with Gasteiger partial charge in [-0.3, -0.25) is 0 Å². The molecular weight excluding hydrogens is 315 g/mol. The Morgan fingerprint density at radius 1 is 1.04 bits per heavy atom. The van der Waals surface area contributed by atoms with Gasteiger partial charge in [0.1, 0.15) is 5.82 Å². The minimum atomic E-state index is -4.33. The van der Waals surface area contributed by atoms with Crippen LogP contribution < -0.4 is 10.2 Å². The van der Waals surface area contributed by atoms with Gasteiger partial charge in [0.2, 0.25) is 0 Å². The van der Waals surface area contributed by atoms with Crippen molar-refractivity contribution in [2.24, 2.45) is 0 Å². The summed E-state index contributed by atoms with van der Waals surface area (Å²) < 4.78 is 37.7. The molecule has 0 aliphatic carbocycles. The van der Waals surface area contributed by atoms with Crippen LogP contribution in [0.1, 0.15) is 24.0 Å². The number of rotatable bonds is 4. The number of alkyl halides is 3. The van der Waals surface area contributed by atoms with Gasteiger partial charge in [-0.25, -0.2) is 4.98 Å². The summed E-state index contributed by atoms with van der Waals surface area (Å²) >= 11 is 0. The average molecular weight is 335 g/mol. The molecule has 1 aliphatic heterocycles. The molecule has 1 saturated heterocycles. The van der Waals surface area contributed by atoms with E-state index in [1.54, 1.807) is 0 Å². The van der Waals surface area contributed by atoms with Gasteiger partial charge in [0.25, 0.3) is 0 Å². The van der Waals surface area contributed by atoms with Crippen molar-refractivity contribution in [2.75, 3.05) is 18.0 Å². The van der Waals surface area contributed by atoms with E-state index in [1.165, 1.54) is 11.6 Å². The summed E-state index contributed by atoms with van der Waals surface area (Å²) in [5.41, 5.74) is 0.551. The summed E-state index contributed by atoms with van der Waals surface area (Å²) in [6.07, 6.45) is -1.51. The van der Waals surface area contributed by atoms with E-state index in [9.17, 15) is 13.2 Å². The molecule has 0 bridgehead atoms. The molecule has 6 heteroatoms. The average Bonchev–Trinajstić information content (AvgIpc) is 2.61. The lowest BCUT2D eigenvalue weighted by atomic mass is 10.0. The fourth-order valence-corrected chi connectivity index (χ4v) is 2.91. The normalized spacial score (nSPS) is 16.4. The predicted molar refractivity (Wildman–Crippen MR) is 87.8 cm³/mol. The summed E-state index contributed by atoms with van der Waals surface area (Å²) in [5.74, 6) is 0.615. The molecule has 1 aromatic heterocycles. The maximum absolute atomic E-state index is 12.6. The summed E-state index contributed by atoms with van der Waals surface area (Å²) in [6, 6.07) is 13.2. The topological polar surface area (TPSA) is 28.2 Å². The van der Waals surface area contributed by atoms with Crippen LogP contribution in [0.5, 0.6) is 0 Å². The maximum Gasteiger partial charge on any atom is 0.417 e. The minimum Gasteiger partial charge on any atom is -0.357 e. The molecule has 24 heavy (non-hydrogen) atoms. The lowest BCUT2D eigenvalue weighted by Crippen LogP contribution is -2.42. The first-order valence-electron chi connectivity index (χ1n) is 8.08. The van der Waals surface area contributed by atoms with E-state index in [4.69, 9.17) is 0 Å². The molecule has 0 unspecified atom stereocenters. The summed E-state index contributed by atoms with van der Waals surface area (Å²) in [7, 11) is 0. The van der Waals surface area contributed by atoms with Crippen LogP contribution in [-0.2, 0) is 12.7 Å². The van der Waals surface area contributed by atoms with Crippen LogP contribution in [0.25, 0.3) is 0 Å². The molecule has 1 N–H and O–H groups in total. The first-order chi connectivity index (χ1) is 11.5. The van der Waals surface area contributed by atoms with Crippen LogP contribution >= 0.6 is 0 Å². The van der Waals surface area contributed by atoms with Gasteiger partial charge in [0, 0.05) is 31.9 Å². The van der Waals surface area contributed by atoms with Crippen molar-refractivity contribution in [2.45, 2.75) is 31.6 Å². The van der Waals surface area contributed by atoms with Crippen LogP contribution in [0, 0.1) is 0 Å². The predicted octanol–water partition coefficient (Wildman–Crippen LogP) is 3.86. The van der Waals surface area contributed by atoms with E-state index >= 15 is 0 Å². The molecule has 0 spiro atoms. The maximum atomic E-state index is 12.6. The largest absolute Gasteiger partial charge is 0.417 e. The zero-order valence-corrected chi connectivity index (χ0v) is 13.3. The van der Waals surface area contributed by atoms with Crippen LogP contribution in [-0.4, -0.2) is 24.1 Å². The molecule has 0 radical (unpaired) electrons. The van der Waals surface area contributed by atoms with Crippen molar-refractivity contribution >= 4 is 5.82 Å². The van der Waals surface area contributed by atoms with Crippen molar-refractivity contribution in [3.05, 3.63) is 59.8 Å². The second-order valence-corrected chi connectivity index (χ2v) is 6.03. The Hall–Kier alpha value is -2.08. The van der Waals surface area contributed by atoms with Crippen LogP contribution in [0.4, 0.5) is 19.0 Å². The van der Waals surface area contributed by atoms with Gasteiger partial charge in [-0.05, 0) is 30.5 Å². The first kappa shape index (κ1) is 16.8. The van der Waals surface area contributed by atoms with Crippen molar-refractivity contribution in [3.8, 4) is 0 Å². The van der Waals surface area contributed by atoms with E-state index in [2.05, 4.69) is 22.4 Å². The highest BCUT2D eigenvalue weighted by Gasteiger charge is 2.31. The van der Waals surface area contributed by atoms with E-state index < -0.39 is 11.7 Å². The molecule has 0 amide bonds. The van der Waals surface area contributed by atoms with Gasteiger partial charge in [-0.1, -0.05) is 30.3 Å². The standard InChI is InChI=1S/C18H20F3N3/c19-18(20,21)15-6-7-17(23-13-15)24-10-8-16(9-11-24)22-12-14-4-2-1-3-5-14/h1-7,13,16,22H,8-12H2. The van der Waals surface area contributed by atoms with E-state index in [1.807, 2.05) is 23.1 Å². The Bertz CT molecular complexity index is 633. The van der Waals surface area contributed by atoms with E-state index in [0.29, 0.717) is 11.9 Å². The fraction of sp³-hybridized carbons (Fsp3) is 0.389. The first-order valence-corrected chi connectivity index (χ1v) is 8.08. The Morgan fingerprint density at radius 2 is 1.75 bits per heavy atom. The zero-order valence-electron chi connectivity index (χ0n) is 13.3. The van der Waals surface area contributed by atoms with Gasteiger partial charge in [0.15, 0.2) is 0 Å². The smallest absolute Gasteiger partial charge is 0.357 e. The number of nitrogens with one attached hydrogen (secondary N) is 1. The van der Waals surface area contributed by atoms with E-state index in [-0.39, 0.29) is 0 Å². The zero-order chi connectivity index (χ0) is 17.0. The summed E-state index contributed by atoms with van der Waals surface area (Å²) in [4.78, 5) is 6.02. The molecule has 128 valence electrons. The van der Waals surface area contributed by atoms with E-state index in [0.717, 1.165) is 44.7 Å². The number of piperidine rings is 1. The van der Waals surface area contributed by atoms with Gasteiger partial charge >= 0.3 is 6.18 Å². The van der Waals surface area contributed by atoms with Crippen molar-refractivity contribution < 1.29 is 13.2 Å². The molecule has 1 aliphatic rings. The number of anilines is 1. The van der Waals surface area contributed by atoms with Crippen molar-refractivity contribution in [1.29, 1.82) is 0 Å². The number of hydrogen-bond acceptors (Lipinski definition) is 3. The molecule has 2 heterocycles. The molecular formula is C18H20F3N3. The number of benzene rings is 1. The second kappa shape index (κ2) is 7.21. The minimum absolute atomic E-state index is 0.427. The Labute approximate surface area is 139 Å². The number of nitrogens with zero attached hydrogens (tertiary/aromatic N) is 2. The number of hydrogen-bond donors (Lipinski definition) is 1. The third-order valence-corrected chi connectivity index (χ3v) is 4.33. The Morgan fingerprint density at radius 3 is 2.33 bits per heavy atom. The van der Waals surface area contributed by atoms with Crippen LogP contribution in [0.15, 0.2) is 48.7 Å². The molecule has 3 rings (SSSR count). The van der Waals surface area contributed by atoms with Crippen LogP contribution in [0.2, 0.25) is 0 Å². The molecule has 0 saturated carbocycles. The highest BCUT2D eigenvalue weighted by molar-refractivity contribution is 5.40. The van der Waals surface area contributed by atoms with Gasteiger partial charge in [-0.15, -0.1) is 0 Å². The highest BCUT2D eigenvalue weighted by Crippen LogP contribution is 2.29. The number of pyridine rings is 1. The van der Waals surface area contributed by atoms with Gasteiger partial charge in [-0.2, -0.15) is 13.2 Å². The quantitative estimate of drug-likeness (QED) is 0.920. The van der Waals surface area contributed by atoms with Crippen molar-refractivity contribution in [3.63, 3.8) is 0 Å². The van der Waals surface area contributed by atoms with Crippen molar-refractivity contribution in [1.82, 2.24) is 10.3 Å². The number of aromatic nitrogens is 1.